The van der Waals surface area contributed by atoms with Crippen molar-refractivity contribution in [1.29, 1.82) is 0 Å². The molecule has 1 fully saturated rings. The van der Waals surface area contributed by atoms with Gasteiger partial charge in [0, 0.05) is 13.1 Å². The number of amides is 2. The molecule has 2 aromatic heterocycles. The molecule has 23 heavy (non-hydrogen) atoms. The Labute approximate surface area is 141 Å². The number of thiazole rings is 1. The molecule has 0 aromatic carbocycles. The minimum atomic E-state index is -0.357. The van der Waals surface area contributed by atoms with Crippen molar-refractivity contribution in [3.63, 3.8) is 0 Å². The fourth-order valence-electron chi connectivity index (χ4n) is 2.12. The number of nitrogens with zero attached hydrogens (tertiary/aromatic N) is 2. The van der Waals surface area contributed by atoms with Gasteiger partial charge in [0.2, 0.25) is 0 Å². The normalized spacial score (nSPS) is 14.6. The zero-order chi connectivity index (χ0) is 16.2. The number of rotatable bonds is 3. The van der Waals surface area contributed by atoms with Crippen LogP contribution in [0.4, 0.5) is 5.13 Å². The molecule has 3 rings (SSSR count). The summed E-state index contributed by atoms with van der Waals surface area (Å²) in [5.74, 6) is -0.687. The summed E-state index contributed by atoms with van der Waals surface area (Å²) in [6.07, 6.45) is 0. The van der Waals surface area contributed by atoms with Crippen molar-refractivity contribution in [1.82, 2.24) is 15.8 Å². The SMILES string of the molecule is Cc1nc(N2CCOCC2)sc1C(=O)NNC(=O)c1cccs1. The van der Waals surface area contributed by atoms with Crippen molar-refractivity contribution in [3.8, 4) is 0 Å². The van der Waals surface area contributed by atoms with Crippen LogP contribution < -0.4 is 15.8 Å². The summed E-state index contributed by atoms with van der Waals surface area (Å²) in [7, 11) is 0. The Morgan fingerprint density at radius 1 is 1.26 bits per heavy atom. The van der Waals surface area contributed by atoms with E-state index in [9.17, 15) is 9.59 Å². The zero-order valence-corrected chi connectivity index (χ0v) is 14.1. The van der Waals surface area contributed by atoms with Crippen molar-refractivity contribution < 1.29 is 14.3 Å². The van der Waals surface area contributed by atoms with E-state index in [1.54, 1.807) is 24.4 Å². The molecule has 7 nitrogen and oxygen atoms in total. The van der Waals surface area contributed by atoms with E-state index in [-0.39, 0.29) is 11.8 Å². The van der Waals surface area contributed by atoms with E-state index in [2.05, 4.69) is 20.7 Å². The molecular weight excluding hydrogens is 336 g/mol. The predicted molar refractivity (Wildman–Crippen MR) is 89.1 cm³/mol. The molecule has 3 heterocycles. The van der Waals surface area contributed by atoms with Crippen LogP contribution in [0.5, 0.6) is 0 Å². The summed E-state index contributed by atoms with van der Waals surface area (Å²) in [6, 6.07) is 3.48. The fraction of sp³-hybridized carbons (Fsp3) is 0.357. The quantitative estimate of drug-likeness (QED) is 0.817. The smallest absolute Gasteiger partial charge is 0.281 e. The summed E-state index contributed by atoms with van der Waals surface area (Å²) in [5, 5.41) is 2.61. The minimum Gasteiger partial charge on any atom is -0.378 e. The molecule has 0 saturated carbocycles. The van der Waals surface area contributed by atoms with E-state index in [1.807, 2.05) is 0 Å². The first-order valence-corrected chi connectivity index (χ1v) is 8.79. The van der Waals surface area contributed by atoms with E-state index in [1.165, 1.54) is 22.7 Å². The maximum Gasteiger partial charge on any atom is 0.281 e. The Balaban J connectivity index is 1.63. The van der Waals surface area contributed by atoms with Gasteiger partial charge in [-0.25, -0.2) is 4.98 Å². The minimum absolute atomic E-state index is 0.330. The van der Waals surface area contributed by atoms with Gasteiger partial charge < -0.3 is 9.64 Å². The average Bonchev–Trinajstić information content (AvgIpc) is 3.23. The van der Waals surface area contributed by atoms with Gasteiger partial charge in [-0.15, -0.1) is 11.3 Å². The van der Waals surface area contributed by atoms with Crippen LogP contribution in [0.1, 0.15) is 25.0 Å². The number of anilines is 1. The van der Waals surface area contributed by atoms with Crippen LogP contribution >= 0.6 is 22.7 Å². The largest absolute Gasteiger partial charge is 0.378 e. The van der Waals surface area contributed by atoms with Gasteiger partial charge in [0.1, 0.15) is 4.88 Å². The predicted octanol–water partition coefficient (Wildman–Crippen LogP) is 1.42. The molecule has 0 unspecified atom stereocenters. The number of hydrogen-bond donors (Lipinski definition) is 2. The Morgan fingerprint density at radius 2 is 2.00 bits per heavy atom. The van der Waals surface area contributed by atoms with E-state index in [0.717, 1.165) is 18.2 Å². The number of carbonyl (C=O) groups is 2. The van der Waals surface area contributed by atoms with Gasteiger partial charge in [-0.3, -0.25) is 20.4 Å². The number of morpholine rings is 1. The Kier molecular flexibility index (Phi) is 4.89. The van der Waals surface area contributed by atoms with E-state index in [4.69, 9.17) is 4.74 Å². The second-order valence-corrected chi connectivity index (χ2v) is 6.82. The first-order valence-electron chi connectivity index (χ1n) is 7.09. The third-order valence-electron chi connectivity index (χ3n) is 3.31. The first kappa shape index (κ1) is 15.9. The van der Waals surface area contributed by atoms with Gasteiger partial charge in [-0.2, -0.15) is 0 Å². The van der Waals surface area contributed by atoms with Gasteiger partial charge in [-0.05, 0) is 18.4 Å². The first-order chi connectivity index (χ1) is 11.1. The van der Waals surface area contributed by atoms with Crippen LogP contribution in [0.15, 0.2) is 17.5 Å². The molecule has 0 atom stereocenters. The number of hydrazine groups is 1. The van der Waals surface area contributed by atoms with Crippen molar-refractivity contribution >= 4 is 39.6 Å². The number of aryl methyl sites for hydroxylation is 1. The van der Waals surface area contributed by atoms with E-state index in [0.29, 0.717) is 28.7 Å². The van der Waals surface area contributed by atoms with Crippen LogP contribution in [-0.2, 0) is 4.74 Å². The number of nitrogens with one attached hydrogen (secondary N) is 2. The molecule has 0 spiro atoms. The second kappa shape index (κ2) is 7.07. The lowest BCUT2D eigenvalue weighted by Crippen LogP contribution is -2.41. The Morgan fingerprint density at radius 3 is 2.70 bits per heavy atom. The van der Waals surface area contributed by atoms with Crippen LogP contribution in [-0.4, -0.2) is 43.1 Å². The molecule has 2 N–H and O–H groups in total. The number of thiophene rings is 1. The third kappa shape index (κ3) is 3.69. The number of carbonyl (C=O) groups excluding carboxylic acids is 2. The molecule has 1 aliphatic rings. The molecule has 9 heteroatoms. The fourth-order valence-corrected chi connectivity index (χ4v) is 3.76. The number of ether oxygens (including phenoxy) is 1. The lowest BCUT2D eigenvalue weighted by Gasteiger charge is -2.25. The summed E-state index contributed by atoms with van der Waals surface area (Å²) < 4.78 is 5.32. The lowest BCUT2D eigenvalue weighted by molar-refractivity contribution is 0.0850. The highest BCUT2D eigenvalue weighted by Gasteiger charge is 2.21. The van der Waals surface area contributed by atoms with Crippen molar-refractivity contribution in [3.05, 3.63) is 33.0 Å². The highest BCUT2D eigenvalue weighted by atomic mass is 32.1. The molecule has 0 bridgehead atoms. The molecule has 2 aromatic rings. The lowest BCUT2D eigenvalue weighted by atomic mass is 10.4. The van der Waals surface area contributed by atoms with Crippen LogP contribution in [0.3, 0.4) is 0 Å². The highest BCUT2D eigenvalue weighted by Crippen LogP contribution is 2.26. The van der Waals surface area contributed by atoms with Gasteiger partial charge in [0.05, 0.1) is 23.8 Å². The van der Waals surface area contributed by atoms with Crippen LogP contribution in [0, 0.1) is 6.92 Å². The number of aromatic nitrogens is 1. The summed E-state index contributed by atoms with van der Waals surface area (Å²) in [6.45, 7) is 4.65. The zero-order valence-electron chi connectivity index (χ0n) is 12.5. The maximum atomic E-state index is 12.2. The molecule has 1 saturated heterocycles. The van der Waals surface area contributed by atoms with Crippen molar-refractivity contribution in [2.45, 2.75) is 6.92 Å². The second-order valence-electron chi connectivity index (χ2n) is 4.90. The summed E-state index contributed by atoms with van der Waals surface area (Å²) in [5.41, 5.74) is 5.51. The van der Waals surface area contributed by atoms with Crippen LogP contribution in [0.2, 0.25) is 0 Å². The molecule has 0 radical (unpaired) electrons. The van der Waals surface area contributed by atoms with E-state index < -0.39 is 0 Å². The average molecular weight is 352 g/mol. The van der Waals surface area contributed by atoms with E-state index >= 15 is 0 Å². The number of hydrogen-bond acceptors (Lipinski definition) is 7. The highest BCUT2D eigenvalue weighted by molar-refractivity contribution is 7.17. The summed E-state index contributed by atoms with van der Waals surface area (Å²) in [4.78, 5) is 31.7. The van der Waals surface area contributed by atoms with Gasteiger partial charge in [0.15, 0.2) is 5.13 Å². The molecular formula is C14H16N4O3S2. The Hall–Kier alpha value is -1.97. The van der Waals surface area contributed by atoms with Crippen molar-refractivity contribution in [2.24, 2.45) is 0 Å². The molecule has 122 valence electrons. The van der Waals surface area contributed by atoms with Crippen LogP contribution in [0.25, 0.3) is 0 Å². The topological polar surface area (TPSA) is 83.6 Å². The van der Waals surface area contributed by atoms with Gasteiger partial charge in [0.25, 0.3) is 11.8 Å². The molecule has 1 aliphatic heterocycles. The van der Waals surface area contributed by atoms with Crippen molar-refractivity contribution in [2.75, 3.05) is 31.2 Å². The molecule has 0 aliphatic carbocycles. The Bertz CT molecular complexity index is 693. The molecule has 2 amide bonds. The third-order valence-corrected chi connectivity index (χ3v) is 5.39. The maximum absolute atomic E-state index is 12.2. The van der Waals surface area contributed by atoms with Gasteiger partial charge >= 0.3 is 0 Å². The van der Waals surface area contributed by atoms with Gasteiger partial charge in [-0.1, -0.05) is 17.4 Å². The monoisotopic (exact) mass is 352 g/mol. The standard InChI is InChI=1S/C14H16N4O3S2/c1-9-11(23-14(15-9)18-4-6-21-7-5-18)13(20)17-16-12(19)10-3-2-8-22-10/h2-3,8H,4-7H2,1H3,(H,16,19)(H,17,20). The summed E-state index contributed by atoms with van der Waals surface area (Å²) >= 11 is 2.63.